The summed E-state index contributed by atoms with van der Waals surface area (Å²) in [7, 11) is 0.900. The number of hydrogen-bond acceptors (Lipinski definition) is 4. The molecule has 2 aliphatic carbocycles. The Morgan fingerprint density at radius 1 is 1.25 bits per heavy atom. The molecule has 1 amide bonds. The Bertz CT molecular complexity index is 745. The van der Waals surface area contributed by atoms with Gasteiger partial charge in [-0.1, -0.05) is 6.42 Å². The van der Waals surface area contributed by atoms with Crippen LogP contribution in [-0.2, 0) is 14.8 Å². The quantitative estimate of drug-likeness (QED) is 0.882. The molecular weight excluding hydrogens is 328 g/mol. The van der Waals surface area contributed by atoms with E-state index in [1.165, 1.54) is 39.8 Å². The van der Waals surface area contributed by atoms with Crippen LogP contribution >= 0.6 is 0 Å². The minimum absolute atomic E-state index is 0.0279. The Kier molecular flexibility index (Phi) is 4.57. The summed E-state index contributed by atoms with van der Waals surface area (Å²) >= 11 is 0. The minimum Gasteiger partial charge on any atom is -0.495 e. The van der Waals surface area contributed by atoms with Gasteiger partial charge in [0, 0.05) is 20.0 Å². The van der Waals surface area contributed by atoms with Crippen LogP contribution in [0.25, 0.3) is 0 Å². The summed E-state index contributed by atoms with van der Waals surface area (Å²) in [5.74, 6) is 1.61. The average molecular weight is 352 g/mol. The van der Waals surface area contributed by atoms with Crippen LogP contribution in [0.4, 0.5) is 5.69 Å². The van der Waals surface area contributed by atoms with E-state index >= 15 is 0 Å². The molecule has 1 N–H and O–H groups in total. The van der Waals surface area contributed by atoms with E-state index in [1.807, 2.05) is 0 Å². The lowest BCUT2D eigenvalue weighted by molar-refractivity contribution is -0.121. The van der Waals surface area contributed by atoms with Gasteiger partial charge in [0.15, 0.2) is 0 Å². The van der Waals surface area contributed by atoms with E-state index in [2.05, 4.69) is 5.32 Å². The van der Waals surface area contributed by atoms with Crippen molar-refractivity contribution in [1.82, 2.24) is 4.31 Å². The van der Waals surface area contributed by atoms with Gasteiger partial charge in [-0.2, -0.15) is 0 Å². The third-order valence-corrected chi connectivity index (χ3v) is 7.09. The Morgan fingerprint density at radius 3 is 2.54 bits per heavy atom. The van der Waals surface area contributed by atoms with Crippen molar-refractivity contribution in [3.8, 4) is 5.75 Å². The Morgan fingerprint density at radius 2 is 2.00 bits per heavy atom. The number of nitrogens with zero attached hydrogens (tertiary/aromatic N) is 1. The molecule has 2 saturated carbocycles. The molecule has 0 saturated heterocycles. The number of amides is 1. The second-order valence-corrected chi connectivity index (χ2v) is 9.07. The summed E-state index contributed by atoms with van der Waals surface area (Å²) in [6, 6.07) is 4.54. The molecule has 2 bridgehead atoms. The van der Waals surface area contributed by atoms with Gasteiger partial charge < -0.3 is 10.1 Å². The zero-order valence-electron chi connectivity index (χ0n) is 14.3. The molecule has 132 valence electrons. The van der Waals surface area contributed by atoms with Gasteiger partial charge in [-0.25, -0.2) is 12.7 Å². The van der Waals surface area contributed by atoms with Crippen molar-refractivity contribution in [2.45, 2.75) is 30.6 Å². The van der Waals surface area contributed by atoms with Crippen molar-refractivity contribution in [3.63, 3.8) is 0 Å². The van der Waals surface area contributed by atoms with E-state index in [1.54, 1.807) is 6.07 Å². The highest BCUT2D eigenvalue weighted by Gasteiger charge is 2.43. The minimum atomic E-state index is -3.56. The van der Waals surface area contributed by atoms with E-state index in [4.69, 9.17) is 4.74 Å². The number of rotatable bonds is 5. The standard InChI is InChI=1S/C17H24N2O4S/c1-19(2)24(21,22)13-6-7-16(23-3)15(10-13)18-17(20)14-9-11-4-5-12(14)8-11/h6-7,10-12,14H,4-5,8-9H2,1-3H3,(H,18,20)/t11-,12-,14-/m0/s1. The third-order valence-electron chi connectivity index (χ3n) is 5.28. The van der Waals surface area contributed by atoms with Gasteiger partial charge in [-0.3, -0.25) is 4.79 Å². The van der Waals surface area contributed by atoms with E-state index in [0.29, 0.717) is 23.3 Å². The maximum absolute atomic E-state index is 12.6. The van der Waals surface area contributed by atoms with Gasteiger partial charge in [-0.05, 0) is 49.3 Å². The Labute approximate surface area is 143 Å². The van der Waals surface area contributed by atoms with Gasteiger partial charge in [0.25, 0.3) is 0 Å². The number of sulfonamides is 1. The maximum Gasteiger partial charge on any atom is 0.242 e. The van der Waals surface area contributed by atoms with Gasteiger partial charge >= 0.3 is 0 Å². The molecule has 0 aromatic heterocycles. The second kappa shape index (κ2) is 6.37. The maximum atomic E-state index is 12.6. The van der Waals surface area contributed by atoms with Crippen molar-refractivity contribution < 1.29 is 17.9 Å². The average Bonchev–Trinajstić information content (AvgIpc) is 3.17. The number of carbonyl (C=O) groups is 1. The van der Waals surface area contributed by atoms with Crippen LogP contribution in [0.2, 0.25) is 0 Å². The van der Waals surface area contributed by atoms with Crippen LogP contribution in [0.5, 0.6) is 5.75 Å². The monoisotopic (exact) mass is 352 g/mol. The molecule has 3 rings (SSSR count). The van der Waals surface area contributed by atoms with E-state index in [0.717, 1.165) is 23.6 Å². The lowest BCUT2D eigenvalue weighted by Crippen LogP contribution is -2.27. The first-order valence-electron chi connectivity index (χ1n) is 8.24. The van der Waals surface area contributed by atoms with Crippen LogP contribution in [0, 0.1) is 17.8 Å². The first-order valence-corrected chi connectivity index (χ1v) is 9.68. The van der Waals surface area contributed by atoms with Gasteiger partial charge in [0.1, 0.15) is 5.75 Å². The predicted molar refractivity (Wildman–Crippen MR) is 91.4 cm³/mol. The van der Waals surface area contributed by atoms with Gasteiger partial charge in [0.05, 0.1) is 17.7 Å². The number of nitrogens with one attached hydrogen (secondary N) is 1. The largest absolute Gasteiger partial charge is 0.495 e. The fourth-order valence-corrected chi connectivity index (χ4v) is 4.88. The van der Waals surface area contributed by atoms with Crippen LogP contribution in [0.1, 0.15) is 25.7 Å². The SMILES string of the molecule is COc1ccc(S(=O)(=O)N(C)C)cc1NC(=O)[C@H]1C[C@H]2CC[C@H]1C2. The van der Waals surface area contributed by atoms with E-state index < -0.39 is 10.0 Å². The van der Waals surface area contributed by atoms with Crippen LogP contribution < -0.4 is 10.1 Å². The lowest BCUT2D eigenvalue weighted by atomic mass is 9.88. The first kappa shape index (κ1) is 17.2. The summed E-state index contributed by atoms with van der Waals surface area (Å²) in [5, 5.41) is 2.89. The van der Waals surface area contributed by atoms with Crippen molar-refractivity contribution >= 4 is 21.6 Å². The van der Waals surface area contributed by atoms with Crippen molar-refractivity contribution in [2.75, 3.05) is 26.5 Å². The first-order chi connectivity index (χ1) is 11.3. The molecule has 1 aromatic carbocycles. The molecule has 6 nitrogen and oxygen atoms in total. The number of methoxy groups -OCH3 is 1. The van der Waals surface area contributed by atoms with Gasteiger partial charge in [0.2, 0.25) is 15.9 Å². The summed E-state index contributed by atoms with van der Waals surface area (Å²) in [4.78, 5) is 12.8. The molecule has 7 heteroatoms. The normalized spacial score (nSPS) is 25.9. The molecule has 2 fully saturated rings. The molecule has 2 aliphatic rings. The number of anilines is 1. The zero-order valence-corrected chi connectivity index (χ0v) is 15.1. The Balaban J connectivity index is 1.85. The lowest BCUT2D eigenvalue weighted by Gasteiger charge is -2.22. The molecule has 24 heavy (non-hydrogen) atoms. The molecule has 0 heterocycles. The van der Waals surface area contributed by atoms with Crippen molar-refractivity contribution in [2.24, 2.45) is 17.8 Å². The number of carbonyl (C=O) groups excluding carboxylic acids is 1. The number of benzene rings is 1. The van der Waals surface area contributed by atoms with Crippen LogP contribution in [0.15, 0.2) is 23.1 Å². The molecule has 0 spiro atoms. The molecule has 3 atom stereocenters. The predicted octanol–water partition coefficient (Wildman–Crippen LogP) is 2.32. The van der Waals surface area contributed by atoms with Crippen molar-refractivity contribution in [3.05, 3.63) is 18.2 Å². The zero-order chi connectivity index (χ0) is 17.5. The van der Waals surface area contributed by atoms with Crippen LogP contribution in [-0.4, -0.2) is 39.8 Å². The Hall–Kier alpha value is -1.60. The highest BCUT2D eigenvalue weighted by atomic mass is 32.2. The fourth-order valence-electron chi connectivity index (χ4n) is 3.95. The summed E-state index contributed by atoms with van der Waals surface area (Å²) in [6.07, 6.45) is 4.43. The third kappa shape index (κ3) is 3.02. The topological polar surface area (TPSA) is 75.7 Å². The van der Waals surface area contributed by atoms with Crippen molar-refractivity contribution in [1.29, 1.82) is 0 Å². The summed E-state index contributed by atoms with van der Waals surface area (Å²) in [5.41, 5.74) is 0.410. The molecular formula is C17H24N2O4S. The van der Waals surface area contributed by atoms with Gasteiger partial charge in [-0.15, -0.1) is 0 Å². The van der Waals surface area contributed by atoms with E-state index in [9.17, 15) is 13.2 Å². The van der Waals surface area contributed by atoms with Crippen LogP contribution in [0.3, 0.4) is 0 Å². The molecule has 1 aromatic rings. The molecule has 0 radical (unpaired) electrons. The highest BCUT2D eigenvalue weighted by Crippen LogP contribution is 2.48. The van der Waals surface area contributed by atoms with E-state index in [-0.39, 0.29) is 16.7 Å². The fraction of sp³-hybridized carbons (Fsp3) is 0.588. The summed E-state index contributed by atoms with van der Waals surface area (Å²) in [6.45, 7) is 0. The molecule has 0 aliphatic heterocycles. The second-order valence-electron chi connectivity index (χ2n) is 6.92. The molecule has 0 unspecified atom stereocenters. The summed E-state index contributed by atoms with van der Waals surface area (Å²) < 4.78 is 31.0. The smallest absolute Gasteiger partial charge is 0.242 e. The highest BCUT2D eigenvalue weighted by molar-refractivity contribution is 7.89. The number of hydrogen-bond donors (Lipinski definition) is 1. The number of fused-ring (bicyclic) bond motifs is 2. The number of ether oxygens (including phenoxy) is 1.